The highest BCUT2D eigenvalue weighted by Crippen LogP contribution is 2.36. The van der Waals surface area contributed by atoms with Crippen molar-refractivity contribution in [2.24, 2.45) is 0 Å². The number of anilines is 1. The van der Waals surface area contributed by atoms with E-state index >= 15 is 0 Å². The van der Waals surface area contributed by atoms with Gasteiger partial charge in [-0.3, -0.25) is 4.79 Å². The van der Waals surface area contributed by atoms with Crippen molar-refractivity contribution in [3.05, 3.63) is 57.5 Å². The number of nitrogens with one attached hydrogen (secondary N) is 1. The van der Waals surface area contributed by atoms with Crippen molar-refractivity contribution >= 4 is 45.2 Å². The van der Waals surface area contributed by atoms with E-state index in [0.717, 1.165) is 10.0 Å². The molecule has 0 unspecified atom stereocenters. The van der Waals surface area contributed by atoms with Crippen LogP contribution in [-0.4, -0.2) is 20.1 Å². The predicted octanol–water partition coefficient (Wildman–Crippen LogP) is 4.77. The van der Waals surface area contributed by atoms with Gasteiger partial charge in [0, 0.05) is 6.08 Å². The fraction of sp³-hybridized carbons (Fsp3) is 0.118. The third kappa shape index (κ3) is 4.50. The van der Waals surface area contributed by atoms with Gasteiger partial charge in [-0.25, -0.2) is 0 Å². The number of carbonyl (C=O) groups is 1. The molecule has 23 heavy (non-hydrogen) atoms. The summed E-state index contributed by atoms with van der Waals surface area (Å²) in [6, 6.07) is 10.7. The normalized spacial score (nSPS) is 10.6. The number of rotatable bonds is 5. The summed E-state index contributed by atoms with van der Waals surface area (Å²) in [5.74, 6) is 0.905. The van der Waals surface area contributed by atoms with E-state index in [0.29, 0.717) is 22.2 Å². The standard InChI is InChI=1S/C17H15BrClNO3/c1-22-15-10-11(9-12(18)17(15)23-2)7-8-16(21)20-14-6-4-3-5-13(14)19/h3-10H,1-2H3,(H,20,21)/b8-7+. The molecule has 4 nitrogen and oxygen atoms in total. The van der Waals surface area contributed by atoms with Gasteiger partial charge in [0.15, 0.2) is 11.5 Å². The number of halogens is 2. The average molecular weight is 397 g/mol. The molecule has 2 aromatic rings. The molecular formula is C17H15BrClNO3. The van der Waals surface area contributed by atoms with Crippen LogP contribution in [0, 0.1) is 0 Å². The fourth-order valence-corrected chi connectivity index (χ4v) is 2.75. The van der Waals surface area contributed by atoms with Gasteiger partial charge in [-0.15, -0.1) is 0 Å². The molecule has 0 atom stereocenters. The third-order valence-electron chi connectivity index (χ3n) is 3.01. The van der Waals surface area contributed by atoms with Gasteiger partial charge in [0.05, 0.1) is 29.4 Å². The van der Waals surface area contributed by atoms with E-state index < -0.39 is 0 Å². The molecular weight excluding hydrogens is 382 g/mol. The first-order valence-electron chi connectivity index (χ1n) is 6.70. The Bertz CT molecular complexity index is 747. The Hall–Kier alpha value is -1.98. The second-order valence-electron chi connectivity index (χ2n) is 4.54. The number of carbonyl (C=O) groups excluding carboxylic acids is 1. The summed E-state index contributed by atoms with van der Waals surface area (Å²) in [7, 11) is 3.12. The fourth-order valence-electron chi connectivity index (χ4n) is 1.94. The molecule has 0 heterocycles. The molecule has 0 fully saturated rings. The first-order valence-corrected chi connectivity index (χ1v) is 7.87. The van der Waals surface area contributed by atoms with Crippen molar-refractivity contribution in [2.75, 3.05) is 19.5 Å². The van der Waals surface area contributed by atoms with Crippen LogP contribution in [-0.2, 0) is 4.79 Å². The Balaban J connectivity index is 2.15. The molecule has 6 heteroatoms. The Morgan fingerprint density at radius 3 is 2.61 bits per heavy atom. The highest BCUT2D eigenvalue weighted by Gasteiger charge is 2.09. The lowest BCUT2D eigenvalue weighted by Crippen LogP contribution is -2.07. The number of methoxy groups -OCH3 is 2. The van der Waals surface area contributed by atoms with Gasteiger partial charge in [0.1, 0.15) is 0 Å². The molecule has 1 N–H and O–H groups in total. The van der Waals surface area contributed by atoms with Gasteiger partial charge < -0.3 is 14.8 Å². The lowest BCUT2D eigenvalue weighted by Gasteiger charge is -2.10. The number of ether oxygens (including phenoxy) is 2. The third-order valence-corrected chi connectivity index (χ3v) is 3.93. The Kier molecular flexibility index (Phi) is 6.07. The molecule has 0 aliphatic rings. The number of amides is 1. The minimum Gasteiger partial charge on any atom is -0.493 e. The van der Waals surface area contributed by atoms with Gasteiger partial charge in [-0.1, -0.05) is 23.7 Å². The topological polar surface area (TPSA) is 47.6 Å². The zero-order valence-electron chi connectivity index (χ0n) is 12.6. The molecule has 120 valence electrons. The van der Waals surface area contributed by atoms with Crippen LogP contribution in [0.5, 0.6) is 11.5 Å². The number of benzene rings is 2. The molecule has 0 spiro atoms. The minimum absolute atomic E-state index is 0.274. The summed E-state index contributed by atoms with van der Waals surface area (Å²) in [5.41, 5.74) is 1.36. The second kappa shape index (κ2) is 8.04. The van der Waals surface area contributed by atoms with E-state index in [1.54, 1.807) is 50.6 Å². The van der Waals surface area contributed by atoms with E-state index in [2.05, 4.69) is 21.2 Å². The van der Waals surface area contributed by atoms with Gasteiger partial charge in [-0.2, -0.15) is 0 Å². The van der Waals surface area contributed by atoms with Crippen LogP contribution in [0.15, 0.2) is 46.9 Å². The quantitative estimate of drug-likeness (QED) is 0.741. The molecule has 0 aliphatic heterocycles. The van der Waals surface area contributed by atoms with Gasteiger partial charge in [0.2, 0.25) is 5.91 Å². The molecule has 2 aromatic carbocycles. The molecule has 0 bridgehead atoms. The summed E-state index contributed by atoms with van der Waals surface area (Å²) < 4.78 is 11.3. The lowest BCUT2D eigenvalue weighted by molar-refractivity contribution is -0.111. The first kappa shape index (κ1) is 17.4. The van der Waals surface area contributed by atoms with Crippen LogP contribution in [0.1, 0.15) is 5.56 Å². The van der Waals surface area contributed by atoms with E-state index in [-0.39, 0.29) is 5.91 Å². The van der Waals surface area contributed by atoms with Crippen LogP contribution < -0.4 is 14.8 Å². The van der Waals surface area contributed by atoms with Crippen molar-refractivity contribution in [2.45, 2.75) is 0 Å². The maximum Gasteiger partial charge on any atom is 0.248 e. The molecule has 0 aromatic heterocycles. The zero-order chi connectivity index (χ0) is 16.8. The van der Waals surface area contributed by atoms with Gasteiger partial charge in [0.25, 0.3) is 0 Å². The highest BCUT2D eigenvalue weighted by atomic mass is 79.9. The van der Waals surface area contributed by atoms with Crippen molar-refractivity contribution in [1.29, 1.82) is 0 Å². The van der Waals surface area contributed by atoms with Crippen LogP contribution in [0.2, 0.25) is 5.02 Å². The maximum absolute atomic E-state index is 12.0. The Labute approximate surface area is 148 Å². The van der Waals surface area contributed by atoms with E-state index in [4.69, 9.17) is 21.1 Å². The number of hydrogen-bond donors (Lipinski definition) is 1. The molecule has 0 saturated heterocycles. The summed E-state index contributed by atoms with van der Waals surface area (Å²) in [6.45, 7) is 0. The van der Waals surface area contributed by atoms with E-state index in [1.165, 1.54) is 6.08 Å². The summed E-state index contributed by atoms with van der Waals surface area (Å²) in [5, 5.41) is 3.21. The molecule has 0 radical (unpaired) electrons. The predicted molar refractivity (Wildman–Crippen MR) is 96.4 cm³/mol. The summed E-state index contributed by atoms with van der Waals surface area (Å²) in [4.78, 5) is 12.0. The highest BCUT2D eigenvalue weighted by molar-refractivity contribution is 9.10. The van der Waals surface area contributed by atoms with Crippen molar-refractivity contribution < 1.29 is 14.3 Å². The SMILES string of the molecule is COc1cc(/C=C/C(=O)Nc2ccccc2Cl)cc(Br)c1OC. The zero-order valence-corrected chi connectivity index (χ0v) is 14.9. The van der Waals surface area contributed by atoms with Gasteiger partial charge in [-0.05, 0) is 51.8 Å². The largest absolute Gasteiger partial charge is 0.493 e. The van der Waals surface area contributed by atoms with E-state index in [1.807, 2.05) is 6.07 Å². The van der Waals surface area contributed by atoms with Crippen LogP contribution in [0.4, 0.5) is 5.69 Å². The monoisotopic (exact) mass is 395 g/mol. The average Bonchev–Trinajstić information content (AvgIpc) is 2.54. The van der Waals surface area contributed by atoms with Crippen LogP contribution in [0.25, 0.3) is 6.08 Å². The van der Waals surface area contributed by atoms with E-state index in [9.17, 15) is 4.79 Å². The van der Waals surface area contributed by atoms with Gasteiger partial charge >= 0.3 is 0 Å². The lowest BCUT2D eigenvalue weighted by atomic mass is 10.2. The smallest absolute Gasteiger partial charge is 0.248 e. The number of hydrogen-bond acceptors (Lipinski definition) is 3. The Morgan fingerprint density at radius 1 is 1.22 bits per heavy atom. The molecule has 0 aliphatic carbocycles. The Morgan fingerprint density at radius 2 is 1.96 bits per heavy atom. The van der Waals surface area contributed by atoms with Crippen molar-refractivity contribution in [1.82, 2.24) is 0 Å². The number of para-hydroxylation sites is 1. The summed E-state index contributed by atoms with van der Waals surface area (Å²) >= 11 is 9.42. The first-order chi connectivity index (χ1) is 11.0. The van der Waals surface area contributed by atoms with Crippen molar-refractivity contribution in [3.63, 3.8) is 0 Å². The van der Waals surface area contributed by atoms with Crippen LogP contribution in [0.3, 0.4) is 0 Å². The minimum atomic E-state index is -0.274. The summed E-state index contributed by atoms with van der Waals surface area (Å²) in [6.07, 6.45) is 3.11. The van der Waals surface area contributed by atoms with Crippen LogP contribution >= 0.6 is 27.5 Å². The molecule has 0 saturated carbocycles. The van der Waals surface area contributed by atoms with Crippen molar-refractivity contribution in [3.8, 4) is 11.5 Å². The second-order valence-corrected chi connectivity index (χ2v) is 5.80. The molecule has 1 amide bonds. The molecule has 2 rings (SSSR count). The maximum atomic E-state index is 12.0.